The first kappa shape index (κ1) is 14.3. The smallest absolute Gasteiger partial charge is 0.329 e. The van der Waals surface area contributed by atoms with Crippen LogP contribution in [0, 0.1) is 18.3 Å². The van der Waals surface area contributed by atoms with Gasteiger partial charge in [-0.1, -0.05) is 0 Å². The van der Waals surface area contributed by atoms with Gasteiger partial charge in [0.25, 0.3) is 0 Å². The summed E-state index contributed by atoms with van der Waals surface area (Å²) in [7, 11) is 0. The maximum atomic E-state index is 10.5. The number of anilines is 1. The molecule has 20 heavy (non-hydrogen) atoms. The summed E-state index contributed by atoms with van der Waals surface area (Å²) in [5, 5.41) is 17.8. The van der Waals surface area contributed by atoms with Crippen LogP contribution in [0.25, 0.3) is 0 Å². The summed E-state index contributed by atoms with van der Waals surface area (Å²) in [5.41, 5.74) is 1.53. The van der Waals surface area contributed by atoms with E-state index in [0.717, 1.165) is 31.5 Å². The van der Waals surface area contributed by atoms with Gasteiger partial charge < -0.3 is 14.7 Å². The minimum Gasteiger partial charge on any atom is -0.480 e. The van der Waals surface area contributed by atoms with E-state index in [4.69, 9.17) is 9.84 Å². The molecule has 1 aliphatic rings. The molecule has 0 bridgehead atoms. The van der Waals surface area contributed by atoms with Crippen LogP contribution in [-0.2, 0) is 9.53 Å². The van der Waals surface area contributed by atoms with E-state index in [1.165, 1.54) is 0 Å². The highest BCUT2D eigenvalue weighted by Crippen LogP contribution is 2.24. The zero-order valence-corrected chi connectivity index (χ0v) is 11.4. The molecule has 0 unspecified atom stereocenters. The molecule has 2 heterocycles. The number of pyridine rings is 1. The maximum absolute atomic E-state index is 10.5. The Kier molecular flexibility index (Phi) is 4.53. The molecule has 1 aliphatic heterocycles. The molecule has 0 radical (unpaired) electrons. The topological polar surface area (TPSA) is 86.5 Å². The molecule has 0 spiro atoms. The number of aromatic nitrogens is 1. The van der Waals surface area contributed by atoms with Gasteiger partial charge in [0.15, 0.2) is 0 Å². The first-order valence-corrected chi connectivity index (χ1v) is 6.56. The average molecular weight is 275 g/mol. The maximum Gasteiger partial charge on any atom is 0.329 e. The number of ether oxygens (including phenoxy) is 1. The van der Waals surface area contributed by atoms with Gasteiger partial charge in [-0.3, -0.25) is 0 Å². The van der Waals surface area contributed by atoms with Crippen LogP contribution in [0.4, 0.5) is 5.82 Å². The van der Waals surface area contributed by atoms with E-state index in [1.54, 1.807) is 6.20 Å². The molecule has 0 aromatic carbocycles. The van der Waals surface area contributed by atoms with Crippen molar-refractivity contribution in [1.82, 2.24) is 4.98 Å². The van der Waals surface area contributed by atoms with E-state index >= 15 is 0 Å². The molecule has 1 N–H and O–H groups in total. The number of hydrogen-bond donors (Lipinski definition) is 1. The monoisotopic (exact) mass is 275 g/mol. The highest BCUT2D eigenvalue weighted by Gasteiger charge is 2.23. The summed E-state index contributed by atoms with van der Waals surface area (Å²) in [6, 6.07) is 4.02. The van der Waals surface area contributed by atoms with Gasteiger partial charge in [-0.25, -0.2) is 9.78 Å². The van der Waals surface area contributed by atoms with Crippen molar-refractivity contribution in [2.24, 2.45) is 0 Å². The van der Waals surface area contributed by atoms with Crippen LogP contribution in [-0.4, -0.2) is 41.9 Å². The summed E-state index contributed by atoms with van der Waals surface area (Å²) in [6.07, 6.45) is 3.16. The molecule has 106 valence electrons. The van der Waals surface area contributed by atoms with E-state index in [-0.39, 0.29) is 12.7 Å². The van der Waals surface area contributed by atoms with Gasteiger partial charge in [-0.15, -0.1) is 0 Å². The predicted molar refractivity (Wildman–Crippen MR) is 72.5 cm³/mol. The molecule has 2 rings (SSSR count). The Hall–Kier alpha value is -2.13. The largest absolute Gasteiger partial charge is 0.480 e. The Morgan fingerprint density at radius 2 is 2.30 bits per heavy atom. The van der Waals surface area contributed by atoms with E-state index in [9.17, 15) is 10.1 Å². The van der Waals surface area contributed by atoms with Crippen LogP contribution in [0.15, 0.2) is 12.3 Å². The van der Waals surface area contributed by atoms with Gasteiger partial charge in [0.2, 0.25) is 0 Å². The quantitative estimate of drug-likeness (QED) is 0.892. The molecule has 1 saturated heterocycles. The van der Waals surface area contributed by atoms with Gasteiger partial charge >= 0.3 is 5.97 Å². The minimum absolute atomic E-state index is 0.0299. The third-order valence-electron chi connectivity index (χ3n) is 3.44. The van der Waals surface area contributed by atoms with E-state index < -0.39 is 5.97 Å². The molecule has 0 saturated carbocycles. The molecule has 1 aromatic heterocycles. The average Bonchev–Trinajstić information content (AvgIpc) is 2.45. The Bertz CT molecular complexity index is 531. The molecule has 6 heteroatoms. The lowest BCUT2D eigenvalue weighted by Crippen LogP contribution is -2.38. The second-order valence-corrected chi connectivity index (χ2v) is 4.83. The van der Waals surface area contributed by atoms with E-state index in [1.807, 2.05) is 13.0 Å². The third-order valence-corrected chi connectivity index (χ3v) is 3.44. The number of carbonyl (C=O) groups is 1. The van der Waals surface area contributed by atoms with Gasteiger partial charge in [0, 0.05) is 19.3 Å². The number of nitrogens with zero attached hydrogens (tertiary/aromatic N) is 3. The summed E-state index contributed by atoms with van der Waals surface area (Å²) in [4.78, 5) is 16.8. The Morgan fingerprint density at radius 3 is 2.90 bits per heavy atom. The number of hydrogen-bond acceptors (Lipinski definition) is 5. The van der Waals surface area contributed by atoms with Gasteiger partial charge in [0.1, 0.15) is 18.5 Å². The van der Waals surface area contributed by atoms with Gasteiger partial charge in [-0.05, 0) is 31.4 Å². The fourth-order valence-electron chi connectivity index (χ4n) is 2.35. The van der Waals surface area contributed by atoms with Crippen LogP contribution >= 0.6 is 0 Å². The third kappa shape index (κ3) is 3.25. The van der Waals surface area contributed by atoms with Crippen LogP contribution in [0.1, 0.15) is 24.0 Å². The van der Waals surface area contributed by atoms with E-state index in [0.29, 0.717) is 11.4 Å². The highest BCUT2D eigenvalue weighted by atomic mass is 16.5. The summed E-state index contributed by atoms with van der Waals surface area (Å²) < 4.78 is 5.30. The van der Waals surface area contributed by atoms with Gasteiger partial charge in [-0.2, -0.15) is 5.26 Å². The molecular weight excluding hydrogens is 258 g/mol. The minimum atomic E-state index is -0.945. The molecule has 1 aromatic rings. The van der Waals surface area contributed by atoms with Crippen molar-refractivity contribution in [3.05, 3.63) is 23.4 Å². The summed E-state index contributed by atoms with van der Waals surface area (Å²) in [6.45, 7) is 3.08. The Labute approximate surface area is 117 Å². The number of nitriles is 1. The number of carboxylic acid groups (broad SMARTS) is 1. The molecule has 0 aliphatic carbocycles. The Morgan fingerprint density at radius 1 is 1.60 bits per heavy atom. The van der Waals surface area contributed by atoms with Crippen molar-refractivity contribution in [2.75, 3.05) is 24.6 Å². The lowest BCUT2D eigenvalue weighted by Gasteiger charge is -2.33. The molecule has 6 nitrogen and oxygen atoms in total. The van der Waals surface area contributed by atoms with Crippen molar-refractivity contribution in [2.45, 2.75) is 25.9 Å². The van der Waals surface area contributed by atoms with Crippen LogP contribution < -0.4 is 4.90 Å². The number of rotatable bonds is 4. The molecular formula is C14H17N3O3. The van der Waals surface area contributed by atoms with Crippen molar-refractivity contribution in [3.8, 4) is 6.07 Å². The summed E-state index contributed by atoms with van der Waals surface area (Å²) in [5.74, 6) is -0.233. The van der Waals surface area contributed by atoms with Crippen LogP contribution in [0.3, 0.4) is 0 Å². The molecule has 0 atom stereocenters. The normalized spacial score (nSPS) is 15.9. The SMILES string of the molecule is Cc1ccnc(N2CCC(OCC(=O)O)CC2)c1C#N. The first-order valence-electron chi connectivity index (χ1n) is 6.56. The zero-order valence-electron chi connectivity index (χ0n) is 11.4. The Balaban J connectivity index is 1.99. The summed E-state index contributed by atoms with van der Waals surface area (Å²) >= 11 is 0. The molecule has 1 fully saturated rings. The number of aryl methyl sites for hydroxylation is 1. The first-order chi connectivity index (χ1) is 9.61. The van der Waals surface area contributed by atoms with Gasteiger partial charge in [0.05, 0.1) is 11.7 Å². The highest BCUT2D eigenvalue weighted by molar-refractivity contribution is 5.68. The van der Waals surface area contributed by atoms with Crippen LogP contribution in [0.5, 0.6) is 0 Å². The zero-order chi connectivity index (χ0) is 14.5. The lowest BCUT2D eigenvalue weighted by atomic mass is 10.1. The number of aliphatic carboxylic acids is 1. The second kappa shape index (κ2) is 6.35. The van der Waals surface area contributed by atoms with E-state index in [2.05, 4.69) is 16.0 Å². The number of piperidine rings is 1. The van der Waals surface area contributed by atoms with Crippen LogP contribution in [0.2, 0.25) is 0 Å². The van der Waals surface area contributed by atoms with Crippen molar-refractivity contribution in [1.29, 1.82) is 5.26 Å². The van der Waals surface area contributed by atoms with Crippen molar-refractivity contribution < 1.29 is 14.6 Å². The fourth-order valence-corrected chi connectivity index (χ4v) is 2.35. The molecule has 0 amide bonds. The standard InChI is InChI=1S/C14H17N3O3/c1-10-2-5-16-14(12(10)8-15)17-6-3-11(4-7-17)20-9-13(18)19/h2,5,11H,3-4,6-7,9H2,1H3,(H,18,19). The van der Waals surface area contributed by atoms with Crippen molar-refractivity contribution >= 4 is 11.8 Å². The lowest BCUT2D eigenvalue weighted by molar-refractivity contribution is -0.144. The number of carboxylic acids is 1. The second-order valence-electron chi connectivity index (χ2n) is 4.83. The predicted octanol–water partition coefficient (Wildman–Crippen LogP) is 1.33. The fraction of sp³-hybridized carbons (Fsp3) is 0.500. The van der Waals surface area contributed by atoms with Crippen molar-refractivity contribution in [3.63, 3.8) is 0 Å².